The van der Waals surface area contributed by atoms with Gasteiger partial charge < -0.3 is 29.7 Å². The van der Waals surface area contributed by atoms with Crippen LogP contribution in [0, 0.1) is 6.92 Å². The highest BCUT2D eigenvalue weighted by Crippen LogP contribution is 2.41. The van der Waals surface area contributed by atoms with Crippen molar-refractivity contribution in [2.45, 2.75) is 62.4 Å². The summed E-state index contributed by atoms with van der Waals surface area (Å²) in [5, 5.41) is 8.12. The number of methoxy groups -OCH3 is 3. The number of amides is 3. The molecule has 0 saturated carbocycles. The number of fused-ring (bicyclic) bond motifs is 1. The van der Waals surface area contributed by atoms with Crippen LogP contribution in [-0.2, 0) is 25.9 Å². The first kappa shape index (κ1) is 33.6. The van der Waals surface area contributed by atoms with Crippen LogP contribution >= 0.6 is 0 Å². The number of sulfone groups is 1. The maximum Gasteiger partial charge on any atom is 0.411 e. The number of likely N-dealkylation sites (tertiary alicyclic amines) is 1. The van der Waals surface area contributed by atoms with Crippen LogP contribution in [0.15, 0.2) is 53.4 Å². The molecule has 3 N–H and O–H groups in total. The minimum Gasteiger partial charge on any atom is -0.493 e. The van der Waals surface area contributed by atoms with Crippen molar-refractivity contribution in [3.05, 3.63) is 76.3 Å². The Hall–Kier alpha value is -4.78. The molecule has 2 atom stereocenters. The molecule has 12 nitrogen and oxygen atoms in total. The molecule has 3 aromatic rings. The summed E-state index contributed by atoms with van der Waals surface area (Å²) in [7, 11) is 0.509. The molecule has 1 saturated heterocycles. The van der Waals surface area contributed by atoms with Crippen LogP contribution in [0.4, 0.5) is 16.2 Å². The van der Waals surface area contributed by atoms with Crippen LogP contribution in [0.2, 0.25) is 0 Å². The quantitative estimate of drug-likeness (QED) is 0.268. The smallest absolute Gasteiger partial charge is 0.411 e. The second kappa shape index (κ2) is 13.5. The number of hydrogen-bond donors (Lipinski definition) is 3. The van der Waals surface area contributed by atoms with Gasteiger partial charge in [-0.05, 0) is 98.3 Å². The average Bonchev–Trinajstić information content (AvgIpc) is 3.70. The van der Waals surface area contributed by atoms with Crippen LogP contribution in [0.5, 0.6) is 11.5 Å². The van der Waals surface area contributed by atoms with E-state index in [1.54, 1.807) is 49.1 Å². The molecule has 0 aromatic heterocycles. The molecule has 2 aliphatic heterocycles. The van der Waals surface area contributed by atoms with Crippen molar-refractivity contribution in [2.24, 2.45) is 0 Å². The molecular formula is C34H40N4O8S. The monoisotopic (exact) mass is 664 g/mol. The molecule has 47 heavy (non-hydrogen) atoms. The van der Waals surface area contributed by atoms with Crippen LogP contribution in [0.25, 0.3) is 0 Å². The van der Waals surface area contributed by atoms with Gasteiger partial charge in [-0.1, -0.05) is 6.07 Å². The number of nitrogens with zero attached hydrogens (tertiary/aromatic N) is 1. The second-order valence-corrected chi connectivity index (χ2v) is 14.3. The Morgan fingerprint density at radius 3 is 2.40 bits per heavy atom. The summed E-state index contributed by atoms with van der Waals surface area (Å²) in [6.45, 7) is 5.94. The van der Waals surface area contributed by atoms with Gasteiger partial charge in [0.1, 0.15) is 6.04 Å². The lowest BCUT2D eigenvalue weighted by Gasteiger charge is -2.32. The molecular weight excluding hydrogens is 624 g/mol. The third kappa shape index (κ3) is 6.57. The largest absolute Gasteiger partial charge is 0.493 e. The van der Waals surface area contributed by atoms with Crippen LogP contribution in [0.1, 0.15) is 71.4 Å². The third-order valence-corrected chi connectivity index (χ3v) is 10.9. The first-order valence-corrected chi connectivity index (χ1v) is 16.9. The van der Waals surface area contributed by atoms with Gasteiger partial charge in [0, 0.05) is 30.0 Å². The third-order valence-electron chi connectivity index (χ3n) is 8.71. The fraction of sp³-hybridized carbons (Fsp3) is 0.382. The van der Waals surface area contributed by atoms with Gasteiger partial charge in [0.25, 0.3) is 5.91 Å². The van der Waals surface area contributed by atoms with Gasteiger partial charge in [0.15, 0.2) is 21.3 Å². The number of carbonyl (C=O) groups is 3. The molecule has 2 aliphatic rings. The summed E-state index contributed by atoms with van der Waals surface area (Å²) in [6.07, 6.45) is 0.430. The van der Waals surface area contributed by atoms with E-state index < -0.39 is 33.3 Å². The minimum absolute atomic E-state index is 0.100. The Morgan fingerprint density at radius 2 is 1.72 bits per heavy atom. The lowest BCUT2D eigenvalue weighted by Crippen LogP contribution is -2.38. The Bertz CT molecular complexity index is 1820. The zero-order valence-corrected chi connectivity index (χ0v) is 28.1. The van der Waals surface area contributed by atoms with E-state index in [9.17, 15) is 22.8 Å². The highest BCUT2D eigenvalue weighted by molar-refractivity contribution is 7.92. The number of nitrogens with one attached hydrogen (secondary N) is 3. The van der Waals surface area contributed by atoms with Crippen LogP contribution in [0.3, 0.4) is 0 Å². The highest BCUT2D eigenvalue weighted by Gasteiger charge is 2.38. The topological polar surface area (TPSA) is 152 Å². The summed E-state index contributed by atoms with van der Waals surface area (Å²) in [5.41, 5.74) is 4.27. The van der Waals surface area contributed by atoms with E-state index in [1.807, 2.05) is 13.0 Å². The van der Waals surface area contributed by atoms with Crippen LogP contribution < -0.4 is 25.4 Å². The molecule has 13 heteroatoms. The van der Waals surface area contributed by atoms with Crippen molar-refractivity contribution in [1.29, 1.82) is 0 Å². The maximum atomic E-state index is 14.7. The molecule has 5 rings (SSSR count). The maximum absolute atomic E-state index is 14.7. The molecule has 3 aromatic carbocycles. The fourth-order valence-corrected chi connectivity index (χ4v) is 7.47. The van der Waals surface area contributed by atoms with Crippen molar-refractivity contribution in [2.75, 3.05) is 38.5 Å². The standard InChI is InChI=1S/C34H40N4O8S/c1-19(2)47(42,43)30-12-10-22(37-34(41)46-6)16-25(30)27-8-7-13-38(27)33(40)31(21-9-11-28(44-4)29(15-21)45-5)36-23-14-20(3)26-18-35-32(39)24(26)17-23/h9-12,14-17,19,27,31,36H,7-8,13,18H2,1-6H3,(H,35,39)(H,37,41)/t27?,31-/m1/s1. The van der Waals surface area contributed by atoms with E-state index in [0.717, 1.165) is 11.1 Å². The van der Waals surface area contributed by atoms with E-state index in [2.05, 4.69) is 16.0 Å². The van der Waals surface area contributed by atoms with Gasteiger partial charge in [0.05, 0.1) is 37.5 Å². The van der Waals surface area contributed by atoms with E-state index in [1.165, 1.54) is 33.5 Å². The van der Waals surface area contributed by atoms with Gasteiger partial charge >= 0.3 is 6.09 Å². The van der Waals surface area contributed by atoms with E-state index in [4.69, 9.17) is 14.2 Å². The van der Waals surface area contributed by atoms with Crippen molar-refractivity contribution >= 4 is 39.1 Å². The summed E-state index contributed by atoms with van der Waals surface area (Å²) in [5.74, 6) is 0.435. The summed E-state index contributed by atoms with van der Waals surface area (Å²) in [6, 6.07) is 11.9. The zero-order valence-electron chi connectivity index (χ0n) is 27.3. The molecule has 0 aliphatic carbocycles. The lowest BCUT2D eigenvalue weighted by molar-refractivity contribution is -0.133. The normalized spacial score (nSPS) is 16.4. The van der Waals surface area contributed by atoms with Crippen molar-refractivity contribution < 1.29 is 37.0 Å². The van der Waals surface area contributed by atoms with Crippen LogP contribution in [-0.4, -0.2) is 64.3 Å². The van der Waals surface area contributed by atoms with Crippen molar-refractivity contribution in [3.63, 3.8) is 0 Å². The molecule has 250 valence electrons. The summed E-state index contributed by atoms with van der Waals surface area (Å²) < 4.78 is 42.9. The Kier molecular flexibility index (Phi) is 9.66. The number of hydrogen-bond acceptors (Lipinski definition) is 9. The van der Waals surface area contributed by atoms with E-state index >= 15 is 0 Å². The molecule has 1 fully saturated rings. The molecule has 2 heterocycles. The molecule has 0 spiro atoms. The Balaban J connectivity index is 1.60. The van der Waals surface area contributed by atoms with Gasteiger partial charge in [-0.15, -0.1) is 0 Å². The molecule has 0 radical (unpaired) electrons. The number of ether oxygens (including phenoxy) is 3. The Morgan fingerprint density at radius 1 is 0.979 bits per heavy atom. The highest BCUT2D eigenvalue weighted by atomic mass is 32.2. The number of benzene rings is 3. The van der Waals surface area contributed by atoms with Crippen molar-refractivity contribution in [1.82, 2.24) is 10.2 Å². The SMILES string of the molecule is COC(=O)Nc1ccc(S(=O)(=O)C(C)C)c(C2CCCN2C(=O)[C@H](Nc2cc(C)c3c(c2)C(=O)NC3)c2ccc(OC)c(OC)c2)c1. The number of anilines is 2. The molecule has 3 amide bonds. The fourth-order valence-electron chi connectivity index (χ4n) is 6.18. The number of rotatable bonds is 10. The number of aryl methyl sites for hydroxylation is 1. The van der Waals surface area contributed by atoms with Gasteiger partial charge in [-0.2, -0.15) is 0 Å². The Labute approximate surface area is 274 Å². The van der Waals surface area contributed by atoms with E-state index in [-0.39, 0.29) is 16.7 Å². The summed E-state index contributed by atoms with van der Waals surface area (Å²) in [4.78, 5) is 41.1. The predicted molar refractivity (Wildman–Crippen MR) is 177 cm³/mol. The van der Waals surface area contributed by atoms with Crippen molar-refractivity contribution in [3.8, 4) is 11.5 Å². The first-order chi connectivity index (χ1) is 22.4. The van der Waals surface area contributed by atoms with Gasteiger partial charge in [0.2, 0.25) is 5.91 Å². The summed E-state index contributed by atoms with van der Waals surface area (Å²) >= 11 is 0. The lowest BCUT2D eigenvalue weighted by atomic mass is 9.99. The first-order valence-electron chi connectivity index (χ1n) is 15.3. The van der Waals surface area contributed by atoms with Gasteiger partial charge in [-0.25, -0.2) is 13.2 Å². The van der Waals surface area contributed by atoms with Gasteiger partial charge in [-0.3, -0.25) is 14.9 Å². The van der Waals surface area contributed by atoms with E-state index in [0.29, 0.717) is 65.5 Å². The number of carbonyl (C=O) groups excluding carboxylic acids is 3. The molecule has 0 bridgehead atoms. The predicted octanol–water partition coefficient (Wildman–Crippen LogP) is 5.13. The zero-order chi connectivity index (χ0) is 34.0. The molecule has 1 unspecified atom stereocenters. The minimum atomic E-state index is -3.76. The average molecular weight is 665 g/mol. The second-order valence-electron chi connectivity index (χ2n) is 11.8.